The van der Waals surface area contributed by atoms with Crippen molar-refractivity contribution in [3.05, 3.63) is 176 Å². The van der Waals surface area contributed by atoms with Crippen LogP contribution in [0.2, 0.25) is 0 Å². The molecule has 0 aliphatic carbocycles. The summed E-state index contributed by atoms with van der Waals surface area (Å²) in [6.07, 6.45) is -4.49. The van der Waals surface area contributed by atoms with Crippen molar-refractivity contribution >= 4 is 39.9 Å². The lowest BCUT2D eigenvalue weighted by molar-refractivity contribution is -0.691. The molecule has 0 unspecified atom stereocenters. The normalized spacial score (nSPS) is 11.4. The lowest BCUT2D eigenvalue weighted by Gasteiger charge is -2.44. The number of aromatic nitrogens is 2. The molecule has 0 fully saturated rings. The Bertz CT molecular complexity index is 2560. The van der Waals surface area contributed by atoms with Crippen LogP contribution in [0.3, 0.4) is 0 Å². The van der Waals surface area contributed by atoms with Crippen LogP contribution in [0.1, 0.15) is 26.5 Å². The molecule has 2 N–H and O–H groups in total. The number of nitrogens with zero attached hydrogens (tertiary/aromatic N) is 2. The highest BCUT2D eigenvalue weighted by Gasteiger charge is 2.52. The topological polar surface area (TPSA) is 91.4 Å². The van der Waals surface area contributed by atoms with E-state index in [0.29, 0.717) is 0 Å². The molecule has 0 bridgehead atoms. The second-order valence-electron chi connectivity index (χ2n) is 12.6. The Balaban J connectivity index is 0.000000337. The molecular weight excluding hydrogens is 927 g/mol. The van der Waals surface area contributed by atoms with Crippen molar-refractivity contribution in [3.8, 4) is 0 Å². The predicted octanol–water partition coefficient (Wildman–Crippen LogP) is 6.66. The van der Waals surface area contributed by atoms with E-state index in [4.69, 9.17) is 10.2 Å². The zero-order valence-corrected chi connectivity index (χ0v) is 30.0. The molecule has 1 heterocycles. The first-order valence-corrected chi connectivity index (χ1v) is 16.4. The standard InChI is InChI=1S/C24BF20.C13H10N2O4/c26-5-1(6(27)14(35)21(42)13(5)34)25(2-7(28)15(36)22(43)16(37)8(2)29,3-9(30)17(38)23(44)18(39)10(3)31)4-11(32)19(40)24(45)20(41)12(4)33;16-12(17)10-11(13(18)19)15(7-6-14-10)8-9-4-2-1-3-5-9/h;1-7H,8H2,(H-,16,17,18,19)/q-1;/p+1. The van der Waals surface area contributed by atoms with Crippen LogP contribution in [0.4, 0.5) is 87.8 Å². The van der Waals surface area contributed by atoms with Gasteiger partial charge < -0.3 is 10.2 Å². The van der Waals surface area contributed by atoms with Crippen molar-refractivity contribution in [2.45, 2.75) is 6.54 Å². The third-order valence-electron chi connectivity index (χ3n) is 9.27. The van der Waals surface area contributed by atoms with Crippen LogP contribution in [0.5, 0.6) is 0 Å². The van der Waals surface area contributed by atoms with Gasteiger partial charge in [-0.3, -0.25) is 0 Å². The van der Waals surface area contributed by atoms with Gasteiger partial charge in [-0.05, 0) is 0 Å². The van der Waals surface area contributed by atoms with Crippen LogP contribution in [-0.2, 0) is 6.54 Å². The lowest BCUT2D eigenvalue weighted by Crippen LogP contribution is -2.81. The number of carbonyl (C=O) groups is 2. The number of carboxylic acids is 2. The molecule has 0 aliphatic rings. The van der Waals surface area contributed by atoms with Crippen molar-refractivity contribution < 1.29 is 112 Å². The highest BCUT2D eigenvalue weighted by molar-refractivity contribution is 7.20. The number of hydrogen-bond acceptors (Lipinski definition) is 3. The molecule has 0 aliphatic heterocycles. The molecule has 5 aromatic carbocycles. The number of benzene rings is 5. The van der Waals surface area contributed by atoms with E-state index in [1.165, 1.54) is 17.0 Å². The van der Waals surface area contributed by atoms with E-state index in [1.54, 1.807) is 0 Å². The van der Waals surface area contributed by atoms with Crippen LogP contribution in [0.15, 0.2) is 42.7 Å². The molecule has 0 saturated heterocycles. The van der Waals surface area contributed by atoms with E-state index >= 15 is 35.1 Å². The summed E-state index contributed by atoms with van der Waals surface area (Å²) in [5.74, 6) is -74.1. The zero-order chi connectivity index (χ0) is 48.2. The average molecular weight is 938 g/mol. The monoisotopic (exact) mass is 938 g/mol. The van der Waals surface area contributed by atoms with Crippen LogP contribution < -0.4 is 26.4 Å². The summed E-state index contributed by atoms with van der Waals surface area (Å²) in [5.41, 5.74) is -14.3. The van der Waals surface area contributed by atoms with Crippen LogP contribution in [0.25, 0.3) is 0 Å². The van der Waals surface area contributed by atoms with Gasteiger partial charge in [-0.15, -0.1) is 21.9 Å². The van der Waals surface area contributed by atoms with Gasteiger partial charge in [0.1, 0.15) is 52.7 Å². The Morgan fingerprint density at radius 3 is 0.938 bits per heavy atom. The van der Waals surface area contributed by atoms with Gasteiger partial charge in [-0.25, -0.2) is 102 Å². The van der Waals surface area contributed by atoms with Gasteiger partial charge in [-0.1, -0.05) is 30.3 Å². The Labute approximate surface area is 339 Å². The molecule has 64 heavy (non-hydrogen) atoms. The van der Waals surface area contributed by atoms with E-state index in [0.717, 1.165) is 5.56 Å². The molecule has 27 heteroatoms. The van der Waals surface area contributed by atoms with Gasteiger partial charge in [-0.2, -0.15) is 4.57 Å². The lowest BCUT2D eigenvalue weighted by atomic mass is 9.12. The molecule has 6 aromatic rings. The number of rotatable bonds is 8. The van der Waals surface area contributed by atoms with Crippen molar-refractivity contribution in [1.82, 2.24) is 4.98 Å². The van der Waals surface area contributed by atoms with E-state index in [2.05, 4.69) is 4.98 Å². The third kappa shape index (κ3) is 7.36. The summed E-state index contributed by atoms with van der Waals surface area (Å²) in [7, 11) is 0. The van der Waals surface area contributed by atoms with Gasteiger partial charge in [0.2, 0.25) is 5.69 Å². The molecule has 6 nitrogen and oxygen atoms in total. The minimum atomic E-state index is -7.22. The Hall–Kier alpha value is -7.22. The largest absolute Gasteiger partial charge is 0.476 e. The second-order valence-corrected chi connectivity index (χ2v) is 12.6. The van der Waals surface area contributed by atoms with Crippen LogP contribution in [-0.4, -0.2) is 33.3 Å². The fourth-order valence-electron chi connectivity index (χ4n) is 6.63. The fraction of sp³-hybridized carbons (Fsp3) is 0.0270. The number of aromatic carboxylic acids is 2. The Morgan fingerprint density at radius 2 is 0.688 bits per heavy atom. The van der Waals surface area contributed by atoms with Crippen molar-refractivity contribution in [2.24, 2.45) is 0 Å². The summed E-state index contributed by atoms with van der Waals surface area (Å²) >= 11 is 0. The van der Waals surface area contributed by atoms with E-state index in [9.17, 15) is 62.3 Å². The van der Waals surface area contributed by atoms with Crippen LogP contribution >= 0.6 is 0 Å². The first-order chi connectivity index (χ1) is 29.8. The summed E-state index contributed by atoms with van der Waals surface area (Å²) in [4.78, 5) is 25.8. The average Bonchev–Trinajstić information content (AvgIpc) is 3.26. The molecule has 0 atom stereocenters. The van der Waals surface area contributed by atoms with Gasteiger partial charge in [0, 0.05) is 5.56 Å². The molecule has 0 spiro atoms. The van der Waals surface area contributed by atoms with Gasteiger partial charge in [0.25, 0.3) is 0 Å². The molecule has 0 radical (unpaired) electrons. The van der Waals surface area contributed by atoms with E-state index in [1.807, 2.05) is 30.3 Å². The van der Waals surface area contributed by atoms with Crippen molar-refractivity contribution in [2.75, 3.05) is 0 Å². The quantitative estimate of drug-likeness (QED) is 0.0587. The summed E-state index contributed by atoms with van der Waals surface area (Å²) in [6.45, 7) is 0.269. The highest BCUT2D eigenvalue weighted by Crippen LogP contribution is 2.30. The first-order valence-electron chi connectivity index (χ1n) is 16.4. The summed E-state index contributed by atoms with van der Waals surface area (Å²) in [6, 6.07) is 9.17. The predicted molar refractivity (Wildman–Crippen MR) is 173 cm³/mol. The molecular formula is C37H11BF20N2O4. The van der Waals surface area contributed by atoms with E-state index in [-0.39, 0.29) is 12.2 Å². The third-order valence-corrected chi connectivity index (χ3v) is 9.27. The maximum Gasteiger partial charge on any atom is 0.403 e. The number of carboxylic acid groups (broad SMARTS) is 2. The van der Waals surface area contributed by atoms with Gasteiger partial charge in [0.15, 0.2) is 82.5 Å². The first kappa shape index (κ1) is 47.8. The smallest absolute Gasteiger partial charge is 0.403 e. The second kappa shape index (κ2) is 17.5. The SMILES string of the molecule is Fc1c(F)c(F)c([B-](c2c(F)c(F)c(F)c(F)c2F)(c2c(F)c(F)c(F)c(F)c2F)c2c(F)c(F)c(F)c(F)c2F)c(F)c1F.O=C(O)c1ncc[n+](Cc2ccccc2)c1C(=O)O. The van der Waals surface area contributed by atoms with Crippen molar-refractivity contribution in [1.29, 1.82) is 0 Å². The maximum atomic E-state index is 15.4. The van der Waals surface area contributed by atoms with E-state index < -0.39 is 162 Å². The highest BCUT2D eigenvalue weighted by atomic mass is 19.2. The molecule has 6 rings (SSSR count). The molecule has 0 amide bonds. The Kier molecular flexibility index (Phi) is 13.1. The molecule has 0 saturated carbocycles. The maximum absolute atomic E-state index is 15.4. The molecule has 336 valence electrons. The van der Waals surface area contributed by atoms with Crippen molar-refractivity contribution in [3.63, 3.8) is 0 Å². The summed E-state index contributed by atoms with van der Waals surface area (Å²) in [5, 5.41) is 18.1. The van der Waals surface area contributed by atoms with Gasteiger partial charge in [0.05, 0.1) is 6.20 Å². The fourth-order valence-corrected chi connectivity index (χ4v) is 6.63. The zero-order valence-electron chi connectivity index (χ0n) is 30.0. The molecule has 1 aromatic heterocycles. The van der Waals surface area contributed by atoms with Crippen LogP contribution in [0, 0.1) is 116 Å². The minimum Gasteiger partial charge on any atom is -0.476 e. The number of halogens is 20. The van der Waals surface area contributed by atoms with Gasteiger partial charge >= 0.3 is 17.6 Å². The Morgan fingerprint density at radius 1 is 0.422 bits per heavy atom. The minimum absolute atomic E-state index is 0.269. The summed E-state index contributed by atoms with van der Waals surface area (Å²) < 4.78 is 295. The number of hydrogen-bond donors (Lipinski definition) is 2.